The molecule has 1 aromatic carbocycles. The van der Waals surface area contributed by atoms with Gasteiger partial charge in [0.15, 0.2) is 0 Å². The van der Waals surface area contributed by atoms with Gasteiger partial charge in [0, 0.05) is 11.7 Å². The fourth-order valence-corrected chi connectivity index (χ4v) is 1.83. The first kappa shape index (κ1) is 9.34. The fraction of sp³-hybridized carbons (Fsp3) is 0.455. The SMILES string of the molecule is CCNC1COc2ccc(N)cc2C1. The number of hydrogen-bond donors (Lipinski definition) is 2. The molecule has 0 radical (unpaired) electrons. The molecule has 0 amide bonds. The Kier molecular flexibility index (Phi) is 2.59. The van der Waals surface area contributed by atoms with Crippen molar-refractivity contribution in [3.05, 3.63) is 23.8 Å². The summed E-state index contributed by atoms with van der Waals surface area (Å²) in [7, 11) is 0. The minimum absolute atomic E-state index is 0.425. The number of benzene rings is 1. The quantitative estimate of drug-likeness (QED) is 0.692. The van der Waals surface area contributed by atoms with Gasteiger partial charge in [-0.15, -0.1) is 0 Å². The number of nitrogen functional groups attached to an aromatic ring is 1. The van der Waals surface area contributed by atoms with Crippen LogP contribution in [0.5, 0.6) is 5.75 Å². The minimum atomic E-state index is 0.425. The molecular formula is C11H16N2O. The van der Waals surface area contributed by atoms with E-state index in [0.717, 1.165) is 31.0 Å². The van der Waals surface area contributed by atoms with Crippen molar-refractivity contribution >= 4 is 5.69 Å². The largest absolute Gasteiger partial charge is 0.492 e. The summed E-state index contributed by atoms with van der Waals surface area (Å²) in [6, 6.07) is 6.26. The molecule has 2 rings (SSSR count). The molecular weight excluding hydrogens is 176 g/mol. The molecule has 76 valence electrons. The van der Waals surface area contributed by atoms with Gasteiger partial charge in [0.1, 0.15) is 12.4 Å². The number of ether oxygens (including phenoxy) is 1. The molecule has 0 aliphatic carbocycles. The molecule has 0 fully saturated rings. The van der Waals surface area contributed by atoms with Crippen molar-refractivity contribution < 1.29 is 4.74 Å². The molecule has 3 heteroatoms. The van der Waals surface area contributed by atoms with E-state index in [2.05, 4.69) is 12.2 Å². The van der Waals surface area contributed by atoms with Crippen LogP contribution in [0.25, 0.3) is 0 Å². The van der Waals surface area contributed by atoms with E-state index in [0.29, 0.717) is 6.04 Å². The Morgan fingerprint density at radius 1 is 1.57 bits per heavy atom. The standard InChI is InChI=1S/C11H16N2O/c1-2-13-10-6-8-5-9(12)3-4-11(8)14-7-10/h3-5,10,13H,2,6-7,12H2,1H3. The summed E-state index contributed by atoms with van der Waals surface area (Å²) in [4.78, 5) is 0. The highest BCUT2D eigenvalue weighted by Crippen LogP contribution is 2.26. The van der Waals surface area contributed by atoms with E-state index in [1.807, 2.05) is 18.2 Å². The van der Waals surface area contributed by atoms with Crippen LogP contribution in [0.1, 0.15) is 12.5 Å². The molecule has 1 heterocycles. The summed E-state index contributed by atoms with van der Waals surface area (Å²) in [6.07, 6.45) is 1.01. The lowest BCUT2D eigenvalue weighted by Gasteiger charge is -2.25. The second-order valence-electron chi connectivity index (χ2n) is 3.64. The Morgan fingerprint density at radius 2 is 2.43 bits per heavy atom. The van der Waals surface area contributed by atoms with Gasteiger partial charge in [-0.3, -0.25) is 0 Å². The summed E-state index contributed by atoms with van der Waals surface area (Å²) < 4.78 is 5.63. The van der Waals surface area contributed by atoms with Gasteiger partial charge >= 0.3 is 0 Å². The van der Waals surface area contributed by atoms with Crippen LogP contribution in [0.15, 0.2) is 18.2 Å². The zero-order valence-electron chi connectivity index (χ0n) is 8.42. The monoisotopic (exact) mass is 192 g/mol. The summed E-state index contributed by atoms with van der Waals surface area (Å²) in [5.74, 6) is 0.980. The normalized spacial score (nSPS) is 19.9. The van der Waals surface area contributed by atoms with Gasteiger partial charge < -0.3 is 15.8 Å². The van der Waals surface area contributed by atoms with Crippen molar-refractivity contribution in [2.75, 3.05) is 18.9 Å². The Bertz CT molecular complexity index is 325. The molecule has 0 saturated carbocycles. The summed E-state index contributed by atoms with van der Waals surface area (Å²) in [6.45, 7) is 3.84. The average molecular weight is 192 g/mol. The minimum Gasteiger partial charge on any atom is -0.492 e. The maximum atomic E-state index is 5.73. The zero-order chi connectivity index (χ0) is 9.97. The van der Waals surface area contributed by atoms with Gasteiger partial charge in [0.2, 0.25) is 0 Å². The van der Waals surface area contributed by atoms with E-state index in [1.165, 1.54) is 5.56 Å². The van der Waals surface area contributed by atoms with Crippen LogP contribution in [-0.2, 0) is 6.42 Å². The molecule has 0 saturated heterocycles. The lowest BCUT2D eigenvalue weighted by atomic mass is 10.0. The molecule has 1 unspecified atom stereocenters. The third-order valence-electron chi connectivity index (χ3n) is 2.48. The number of rotatable bonds is 2. The summed E-state index contributed by atoms with van der Waals surface area (Å²) in [5, 5.41) is 3.38. The Balaban J connectivity index is 2.16. The second kappa shape index (κ2) is 3.88. The average Bonchev–Trinajstić information content (AvgIpc) is 2.17. The zero-order valence-corrected chi connectivity index (χ0v) is 8.42. The molecule has 3 N–H and O–H groups in total. The third-order valence-corrected chi connectivity index (χ3v) is 2.48. The van der Waals surface area contributed by atoms with Crippen molar-refractivity contribution in [3.8, 4) is 5.75 Å². The Morgan fingerprint density at radius 3 is 3.21 bits per heavy atom. The van der Waals surface area contributed by atoms with Crippen LogP contribution in [-0.4, -0.2) is 19.2 Å². The van der Waals surface area contributed by atoms with E-state index < -0.39 is 0 Å². The van der Waals surface area contributed by atoms with Crippen LogP contribution >= 0.6 is 0 Å². The van der Waals surface area contributed by atoms with Crippen LogP contribution in [0.3, 0.4) is 0 Å². The van der Waals surface area contributed by atoms with Crippen LogP contribution < -0.4 is 15.8 Å². The van der Waals surface area contributed by atoms with E-state index in [1.54, 1.807) is 0 Å². The van der Waals surface area contributed by atoms with Crippen molar-refractivity contribution in [1.29, 1.82) is 0 Å². The molecule has 14 heavy (non-hydrogen) atoms. The predicted octanol–water partition coefficient (Wildman–Crippen LogP) is 1.18. The maximum Gasteiger partial charge on any atom is 0.122 e. The molecule has 0 bridgehead atoms. The van der Waals surface area contributed by atoms with Gasteiger partial charge in [-0.05, 0) is 36.7 Å². The molecule has 1 aliphatic rings. The predicted molar refractivity (Wildman–Crippen MR) is 57.5 cm³/mol. The van der Waals surface area contributed by atoms with Crippen molar-refractivity contribution in [2.24, 2.45) is 0 Å². The maximum absolute atomic E-state index is 5.73. The van der Waals surface area contributed by atoms with E-state index >= 15 is 0 Å². The number of fused-ring (bicyclic) bond motifs is 1. The lowest BCUT2D eigenvalue weighted by Crippen LogP contribution is -2.39. The Hall–Kier alpha value is -1.22. The number of likely N-dealkylation sites (N-methyl/N-ethyl adjacent to an activating group) is 1. The summed E-state index contributed by atoms with van der Waals surface area (Å²) in [5.41, 5.74) is 7.75. The first-order valence-electron chi connectivity index (χ1n) is 5.04. The highest BCUT2D eigenvalue weighted by atomic mass is 16.5. The smallest absolute Gasteiger partial charge is 0.122 e. The number of anilines is 1. The van der Waals surface area contributed by atoms with Crippen molar-refractivity contribution in [3.63, 3.8) is 0 Å². The van der Waals surface area contributed by atoms with Gasteiger partial charge in [0.05, 0.1) is 0 Å². The van der Waals surface area contributed by atoms with E-state index in [-0.39, 0.29) is 0 Å². The summed E-state index contributed by atoms with van der Waals surface area (Å²) >= 11 is 0. The molecule has 1 aliphatic heterocycles. The lowest BCUT2D eigenvalue weighted by molar-refractivity contribution is 0.241. The van der Waals surface area contributed by atoms with Crippen LogP contribution in [0.2, 0.25) is 0 Å². The fourth-order valence-electron chi connectivity index (χ4n) is 1.83. The van der Waals surface area contributed by atoms with Gasteiger partial charge in [-0.25, -0.2) is 0 Å². The van der Waals surface area contributed by atoms with Crippen molar-refractivity contribution in [1.82, 2.24) is 5.32 Å². The third kappa shape index (κ3) is 1.82. The van der Waals surface area contributed by atoms with Crippen LogP contribution in [0.4, 0.5) is 5.69 Å². The van der Waals surface area contributed by atoms with Gasteiger partial charge in [-0.1, -0.05) is 6.92 Å². The molecule has 1 atom stereocenters. The van der Waals surface area contributed by atoms with Crippen LogP contribution in [0, 0.1) is 0 Å². The second-order valence-corrected chi connectivity index (χ2v) is 3.64. The first-order chi connectivity index (χ1) is 6.79. The molecule has 1 aromatic rings. The first-order valence-corrected chi connectivity index (χ1v) is 5.04. The number of hydrogen-bond acceptors (Lipinski definition) is 3. The van der Waals surface area contributed by atoms with Gasteiger partial charge in [-0.2, -0.15) is 0 Å². The molecule has 3 nitrogen and oxygen atoms in total. The number of nitrogens with two attached hydrogens (primary N) is 1. The highest BCUT2D eigenvalue weighted by molar-refractivity contribution is 5.48. The molecule has 0 spiro atoms. The Labute approximate surface area is 84.3 Å². The molecule has 0 aromatic heterocycles. The van der Waals surface area contributed by atoms with E-state index in [9.17, 15) is 0 Å². The van der Waals surface area contributed by atoms with E-state index in [4.69, 9.17) is 10.5 Å². The van der Waals surface area contributed by atoms with Gasteiger partial charge in [0.25, 0.3) is 0 Å². The topological polar surface area (TPSA) is 47.3 Å². The van der Waals surface area contributed by atoms with Crippen molar-refractivity contribution in [2.45, 2.75) is 19.4 Å². The number of nitrogens with one attached hydrogen (secondary N) is 1. The highest BCUT2D eigenvalue weighted by Gasteiger charge is 2.18.